The molecule has 0 aliphatic heterocycles. The maximum Gasteiger partial charge on any atom is 0.178 e. The first-order valence-electron chi connectivity index (χ1n) is 6.19. The Hall–Kier alpha value is 0.290. The van der Waals surface area contributed by atoms with Crippen LogP contribution in [-0.4, -0.2) is 29.8 Å². The summed E-state index contributed by atoms with van der Waals surface area (Å²) < 4.78 is 1.92. The van der Waals surface area contributed by atoms with E-state index in [0.29, 0.717) is 12.6 Å². The fraction of sp³-hybridized carbons (Fsp3) is 0.615. The van der Waals surface area contributed by atoms with Crippen LogP contribution in [0.25, 0.3) is 0 Å². The van der Waals surface area contributed by atoms with Crippen LogP contribution in [0.5, 0.6) is 0 Å². The molecule has 0 bridgehead atoms. The molecule has 0 saturated heterocycles. The summed E-state index contributed by atoms with van der Waals surface area (Å²) in [5.41, 5.74) is 0.799. The van der Waals surface area contributed by atoms with Crippen molar-refractivity contribution in [2.24, 2.45) is 5.92 Å². The number of hydrogen-bond donors (Lipinski definition) is 0. The maximum atomic E-state index is 12.3. The molecular formula is C13H17Br2NOS. The van der Waals surface area contributed by atoms with Crippen molar-refractivity contribution in [2.45, 2.75) is 32.7 Å². The molecule has 1 aliphatic rings. The molecule has 0 amide bonds. The Morgan fingerprint density at radius 2 is 2.17 bits per heavy atom. The number of rotatable bonds is 6. The summed E-state index contributed by atoms with van der Waals surface area (Å²) >= 11 is 8.43. The Morgan fingerprint density at radius 3 is 2.61 bits per heavy atom. The number of halogens is 2. The van der Waals surface area contributed by atoms with E-state index in [-0.39, 0.29) is 5.78 Å². The van der Waals surface area contributed by atoms with Gasteiger partial charge in [0.15, 0.2) is 5.78 Å². The van der Waals surface area contributed by atoms with Crippen LogP contribution in [0.1, 0.15) is 37.0 Å². The lowest BCUT2D eigenvalue weighted by atomic mass is 10.2. The van der Waals surface area contributed by atoms with Crippen LogP contribution in [0.2, 0.25) is 0 Å². The molecule has 0 unspecified atom stereocenters. The van der Waals surface area contributed by atoms with Crippen molar-refractivity contribution in [2.75, 3.05) is 13.1 Å². The highest BCUT2D eigenvalue weighted by atomic mass is 79.9. The average molecular weight is 395 g/mol. The van der Waals surface area contributed by atoms with Gasteiger partial charge in [-0.2, -0.15) is 0 Å². The standard InChI is InChI=1S/C13H17Br2NOS/c1-8(2)16(6-9-3-4-9)7-11(17)10-5-12(14)18-13(10)15/h5,8-9H,3-4,6-7H2,1-2H3. The van der Waals surface area contributed by atoms with Gasteiger partial charge in [0.1, 0.15) is 0 Å². The second-order valence-electron chi connectivity index (χ2n) is 5.13. The summed E-state index contributed by atoms with van der Waals surface area (Å²) in [4.78, 5) is 14.6. The molecule has 1 aliphatic carbocycles. The second kappa shape index (κ2) is 6.16. The minimum absolute atomic E-state index is 0.207. The van der Waals surface area contributed by atoms with Crippen LogP contribution >= 0.6 is 43.2 Å². The number of nitrogens with zero attached hydrogens (tertiary/aromatic N) is 1. The second-order valence-corrected chi connectivity index (χ2v) is 8.88. The van der Waals surface area contributed by atoms with Crippen molar-refractivity contribution in [3.63, 3.8) is 0 Å². The SMILES string of the molecule is CC(C)N(CC(=O)c1cc(Br)sc1Br)CC1CC1. The molecule has 0 atom stereocenters. The summed E-state index contributed by atoms with van der Waals surface area (Å²) in [5, 5.41) is 0. The minimum Gasteiger partial charge on any atom is -0.293 e. The fourth-order valence-electron chi connectivity index (χ4n) is 1.89. The van der Waals surface area contributed by atoms with E-state index < -0.39 is 0 Å². The van der Waals surface area contributed by atoms with E-state index in [0.717, 1.165) is 25.6 Å². The van der Waals surface area contributed by atoms with Gasteiger partial charge in [-0.25, -0.2) is 0 Å². The lowest BCUT2D eigenvalue weighted by molar-refractivity contribution is 0.0900. The first-order chi connectivity index (χ1) is 8.47. The molecule has 2 rings (SSSR count). The van der Waals surface area contributed by atoms with Crippen molar-refractivity contribution < 1.29 is 4.79 Å². The summed E-state index contributed by atoms with van der Waals surface area (Å²) in [5.74, 6) is 1.02. The first-order valence-corrected chi connectivity index (χ1v) is 8.59. The van der Waals surface area contributed by atoms with E-state index in [1.165, 1.54) is 12.8 Å². The van der Waals surface area contributed by atoms with E-state index in [1.807, 2.05) is 6.07 Å². The van der Waals surface area contributed by atoms with Gasteiger partial charge in [-0.1, -0.05) is 0 Å². The van der Waals surface area contributed by atoms with Crippen molar-refractivity contribution in [3.05, 3.63) is 19.2 Å². The summed E-state index contributed by atoms with van der Waals surface area (Å²) in [7, 11) is 0. The predicted molar refractivity (Wildman–Crippen MR) is 83.5 cm³/mol. The number of carbonyl (C=O) groups excluding carboxylic acids is 1. The molecule has 100 valence electrons. The van der Waals surface area contributed by atoms with Gasteiger partial charge in [0.25, 0.3) is 0 Å². The van der Waals surface area contributed by atoms with Crippen LogP contribution in [0.3, 0.4) is 0 Å². The number of thiophene rings is 1. The van der Waals surface area contributed by atoms with Gasteiger partial charge in [0.05, 0.1) is 14.1 Å². The summed E-state index contributed by atoms with van der Waals surface area (Å²) in [6.07, 6.45) is 2.65. The Labute approximate surface area is 129 Å². The third-order valence-corrected chi connectivity index (χ3v) is 5.56. The molecular weight excluding hydrogens is 378 g/mol. The summed E-state index contributed by atoms with van der Waals surface area (Å²) in [6.45, 7) is 5.91. The monoisotopic (exact) mass is 393 g/mol. The van der Waals surface area contributed by atoms with Crippen LogP contribution in [0, 0.1) is 5.92 Å². The van der Waals surface area contributed by atoms with Crippen LogP contribution in [0.4, 0.5) is 0 Å². The molecule has 1 fully saturated rings. The zero-order chi connectivity index (χ0) is 13.3. The molecule has 0 radical (unpaired) electrons. The highest BCUT2D eigenvalue weighted by Gasteiger charge is 2.27. The predicted octanol–water partition coefficient (Wildman–Crippen LogP) is 4.58. The lowest BCUT2D eigenvalue weighted by Gasteiger charge is -2.25. The van der Waals surface area contributed by atoms with E-state index in [4.69, 9.17) is 0 Å². The molecule has 0 N–H and O–H groups in total. The van der Waals surface area contributed by atoms with Gasteiger partial charge in [0.2, 0.25) is 0 Å². The zero-order valence-corrected chi connectivity index (χ0v) is 14.6. The van der Waals surface area contributed by atoms with Crippen molar-refractivity contribution in [1.29, 1.82) is 0 Å². The summed E-state index contributed by atoms with van der Waals surface area (Å²) in [6, 6.07) is 2.34. The van der Waals surface area contributed by atoms with Crippen molar-refractivity contribution in [1.82, 2.24) is 4.90 Å². The average Bonchev–Trinajstić information content (AvgIpc) is 3.02. The normalized spacial score (nSPS) is 15.7. The Balaban J connectivity index is 2.01. The molecule has 1 aromatic rings. The number of ketones is 1. The highest BCUT2D eigenvalue weighted by molar-refractivity contribution is 9.12. The first kappa shape index (κ1) is 14.7. The van der Waals surface area contributed by atoms with E-state index >= 15 is 0 Å². The van der Waals surface area contributed by atoms with Crippen molar-refractivity contribution in [3.8, 4) is 0 Å². The van der Waals surface area contributed by atoms with Crippen molar-refractivity contribution >= 4 is 49.0 Å². The third kappa shape index (κ3) is 3.89. The quantitative estimate of drug-likeness (QED) is 0.658. The Bertz CT molecular complexity index is 440. The number of carbonyl (C=O) groups is 1. The van der Waals surface area contributed by atoms with Gasteiger partial charge >= 0.3 is 0 Å². The fourth-order valence-corrected chi connectivity index (χ4v) is 4.75. The zero-order valence-electron chi connectivity index (χ0n) is 10.6. The molecule has 1 heterocycles. The largest absolute Gasteiger partial charge is 0.293 e. The molecule has 1 saturated carbocycles. The van der Waals surface area contributed by atoms with Gasteiger partial charge < -0.3 is 0 Å². The van der Waals surface area contributed by atoms with Crippen LogP contribution in [-0.2, 0) is 0 Å². The van der Waals surface area contributed by atoms with E-state index in [2.05, 4.69) is 50.6 Å². The van der Waals surface area contributed by atoms with E-state index in [1.54, 1.807) is 11.3 Å². The molecule has 0 aromatic carbocycles. The molecule has 5 heteroatoms. The topological polar surface area (TPSA) is 20.3 Å². The third-order valence-electron chi connectivity index (χ3n) is 3.22. The Kier molecular flexibility index (Phi) is 5.03. The van der Waals surface area contributed by atoms with Gasteiger partial charge in [-0.3, -0.25) is 9.69 Å². The maximum absolute atomic E-state index is 12.3. The number of hydrogen-bond acceptors (Lipinski definition) is 3. The van der Waals surface area contributed by atoms with Crippen LogP contribution < -0.4 is 0 Å². The van der Waals surface area contributed by atoms with Gasteiger partial charge in [-0.15, -0.1) is 11.3 Å². The molecule has 18 heavy (non-hydrogen) atoms. The molecule has 0 spiro atoms. The van der Waals surface area contributed by atoms with Gasteiger partial charge in [0, 0.05) is 18.2 Å². The highest BCUT2D eigenvalue weighted by Crippen LogP contribution is 2.33. The Morgan fingerprint density at radius 1 is 1.50 bits per heavy atom. The number of Topliss-reactive ketones (excluding diaryl/α,β-unsaturated/α-hetero) is 1. The smallest absolute Gasteiger partial charge is 0.178 e. The van der Waals surface area contributed by atoms with Gasteiger partial charge in [-0.05, 0) is 70.5 Å². The minimum atomic E-state index is 0.207. The lowest BCUT2D eigenvalue weighted by Crippen LogP contribution is -2.37. The van der Waals surface area contributed by atoms with E-state index in [9.17, 15) is 4.79 Å². The van der Waals surface area contributed by atoms with Crippen LogP contribution in [0.15, 0.2) is 13.6 Å². The molecule has 1 aromatic heterocycles. The molecule has 2 nitrogen and oxygen atoms in total.